The Morgan fingerprint density at radius 1 is 0.788 bits per heavy atom. The van der Waals surface area contributed by atoms with Gasteiger partial charge in [-0.05, 0) is 86.7 Å². The summed E-state index contributed by atoms with van der Waals surface area (Å²) in [5, 5.41) is 24.9. The Kier molecular flexibility index (Phi) is 14.3. The molecule has 52 heavy (non-hydrogen) atoms. The molecule has 0 radical (unpaired) electrons. The zero-order chi connectivity index (χ0) is 37.8. The molecule has 0 spiro atoms. The topological polar surface area (TPSA) is 152 Å². The van der Waals surface area contributed by atoms with Crippen LogP contribution in [0.3, 0.4) is 0 Å². The van der Waals surface area contributed by atoms with E-state index < -0.39 is 24.0 Å². The lowest BCUT2D eigenvalue weighted by Gasteiger charge is -2.25. The number of carbonyl (C=O) groups excluding carboxylic acids is 4. The predicted octanol–water partition coefficient (Wildman–Crippen LogP) is 5.68. The van der Waals surface area contributed by atoms with Crippen LogP contribution in [0.5, 0.6) is 0 Å². The molecule has 0 aliphatic carbocycles. The van der Waals surface area contributed by atoms with E-state index in [1.807, 2.05) is 83.1 Å². The number of benzene rings is 3. The van der Waals surface area contributed by atoms with Gasteiger partial charge >= 0.3 is 0 Å². The molecule has 0 aliphatic heterocycles. The van der Waals surface area contributed by atoms with Gasteiger partial charge in [0.05, 0.1) is 23.7 Å². The Morgan fingerprint density at radius 3 is 2.06 bits per heavy atom. The monoisotopic (exact) mass is 720 g/mol. The summed E-state index contributed by atoms with van der Waals surface area (Å²) >= 11 is 1.63. The summed E-state index contributed by atoms with van der Waals surface area (Å²) in [6, 6.07) is 25.8. The van der Waals surface area contributed by atoms with Crippen molar-refractivity contribution < 1.29 is 19.2 Å². The van der Waals surface area contributed by atoms with E-state index in [2.05, 4.69) is 32.7 Å². The number of likely N-dealkylation sites (N-methyl/N-ethyl adjacent to an activating group) is 1. The molecule has 11 heteroatoms. The van der Waals surface area contributed by atoms with Crippen LogP contribution in [0.2, 0.25) is 0 Å². The summed E-state index contributed by atoms with van der Waals surface area (Å²) in [7, 11) is 0. The number of nitrogens with one attached hydrogen (secondary N) is 5. The van der Waals surface area contributed by atoms with E-state index in [-0.39, 0.29) is 47.4 Å². The van der Waals surface area contributed by atoms with Crippen molar-refractivity contribution in [1.82, 2.24) is 26.6 Å². The maximum absolute atomic E-state index is 14.1. The van der Waals surface area contributed by atoms with Crippen molar-refractivity contribution in [2.75, 3.05) is 13.1 Å². The smallest absolute Gasteiger partial charge is 0.251 e. The van der Waals surface area contributed by atoms with Crippen molar-refractivity contribution in [3.63, 3.8) is 0 Å². The largest absolute Gasteiger partial charge is 0.355 e. The number of hydrogen-bond acceptors (Lipinski definition) is 7. The van der Waals surface area contributed by atoms with E-state index in [4.69, 9.17) is 0 Å². The Bertz CT molecular complexity index is 1900. The molecule has 1 aromatic heterocycles. The van der Waals surface area contributed by atoms with Gasteiger partial charge in [-0.25, -0.2) is 0 Å². The third-order valence-electron chi connectivity index (χ3n) is 8.70. The van der Waals surface area contributed by atoms with E-state index >= 15 is 0 Å². The molecule has 0 saturated carbocycles. The molecule has 0 fully saturated rings. The van der Waals surface area contributed by atoms with Crippen LogP contribution in [0.4, 0.5) is 0 Å². The molecule has 272 valence electrons. The van der Waals surface area contributed by atoms with Gasteiger partial charge in [-0.2, -0.15) is 5.26 Å². The minimum absolute atomic E-state index is 0.110. The fourth-order valence-corrected chi connectivity index (χ4v) is 6.74. The summed E-state index contributed by atoms with van der Waals surface area (Å²) < 4.78 is 0. The molecule has 4 rings (SSSR count). The zero-order valence-electron chi connectivity index (χ0n) is 30.6. The zero-order valence-corrected chi connectivity index (χ0v) is 31.4. The molecule has 0 unspecified atom stereocenters. The number of nitrogens with zero attached hydrogens (tertiary/aromatic N) is 1. The van der Waals surface area contributed by atoms with E-state index in [0.29, 0.717) is 29.7 Å². The molecule has 0 saturated heterocycles. The fraction of sp³-hybridized carbons (Fsp3) is 0.341. The third kappa shape index (κ3) is 10.8. The first-order valence-electron chi connectivity index (χ1n) is 17.6. The quantitative estimate of drug-likeness (QED) is 0.100. The number of nitriles is 1. The lowest BCUT2D eigenvalue weighted by molar-refractivity contribution is -0.130. The van der Waals surface area contributed by atoms with E-state index in [1.54, 1.807) is 54.7 Å². The van der Waals surface area contributed by atoms with Crippen LogP contribution in [0.25, 0.3) is 11.1 Å². The first kappa shape index (κ1) is 39.5. The van der Waals surface area contributed by atoms with Gasteiger partial charge in [0, 0.05) is 46.4 Å². The van der Waals surface area contributed by atoms with Crippen LogP contribution in [-0.4, -0.2) is 54.8 Å². The van der Waals surface area contributed by atoms with Crippen LogP contribution in [0, 0.1) is 24.2 Å². The molecular weight excluding hydrogens is 673 g/mol. The highest BCUT2D eigenvalue weighted by Crippen LogP contribution is 2.27. The maximum atomic E-state index is 14.1. The van der Waals surface area contributed by atoms with Gasteiger partial charge in [-0.15, -0.1) is 11.3 Å². The van der Waals surface area contributed by atoms with Gasteiger partial charge in [0.25, 0.3) is 11.8 Å². The average Bonchev–Trinajstić information content (AvgIpc) is 3.56. The molecule has 0 aliphatic rings. The standard InChI is InChI=1S/C41H48N6O4S/c1-7-43-41(51)37(25(2)3)47-38(48)28(6)44-24-34(22-35-18-17-26(4)52-35)46-40(50)33-20-31(36-16-12-11-15-30(36)23-42)19-32(21-33)39(49)45-27(5)29-13-9-8-10-14-29/h8-21,25,27-28,34,37,44H,7,22,24H2,1-6H3,(H,43,51)(H,45,49)(H,46,50)(H,47,48)/t27-,28+,34-,37+/m1/s1. The second-order valence-corrected chi connectivity index (χ2v) is 14.6. The number of amides is 4. The van der Waals surface area contributed by atoms with Crippen molar-refractivity contribution >= 4 is 35.0 Å². The molecule has 4 aromatic rings. The van der Waals surface area contributed by atoms with E-state index in [1.165, 1.54) is 0 Å². The third-order valence-corrected chi connectivity index (χ3v) is 9.73. The molecule has 4 amide bonds. The fourth-order valence-electron chi connectivity index (χ4n) is 5.77. The van der Waals surface area contributed by atoms with Crippen molar-refractivity contribution in [3.8, 4) is 17.2 Å². The molecule has 4 atom stereocenters. The molecule has 5 N–H and O–H groups in total. The highest BCUT2D eigenvalue weighted by Gasteiger charge is 2.27. The summed E-state index contributed by atoms with van der Waals surface area (Å²) in [5.74, 6) is -1.44. The van der Waals surface area contributed by atoms with E-state index in [0.717, 1.165) is 15.3 Å². The number of aryl methyl sites for hydroxylation is 1. The van der Waals surface area contributed by atoms with Crippen molar-refractivity contribution in [1.29, 1.82) is 5.26 Å². The van der Waals surface area contributed by atoms with Crippen molar-refractivity contribution in [2.24, 2.45) is 5.92 Å². The molecular formula is C41H48N6O4S. The second kappa shape index (κ2) is 18.8. The Morgan fingerprint density at radius 2 is 1.44 bits per heavy atom. The van der Waals surface area contributed by atoms with Crippen LogP contribution in [0.1, 0.15) is 82.3 Å². The minimum Gasteiger partial charge on any atom is -0.355 e. The number of hydrogen-bond donors (Lipinski definition) is 5. The number of carbonyl (C=O) groups is 4. The van der Waals surface area contributed by atoms with Crippen LogP contribution in [-0.2, 0) is 16.0 Å². The van der Waals surface area contributed by atoms with E-state index in [9.17, 15) is 24.4 Å². The summed E-state index contributed by atoms with van der Waals surface area (Å²) in [4.78, 5) is 55.7. The highest BCUT2D eigenvalue weighted by atomic mass is 32.1. The maximum Gasteiger partial charge on any atom is 0.251 e. The van der Waals surface area contributed by atoms with Crippen LogP contribution < -0.4 is 26.6 Å². The lowest BCUT2D eigenvalue weighted by Crippen LogP contribution is -2.55. The van der Waals surface area contributed by atoms with Gasteiger partial charge in [-0.1, -0.05) is 62.4 Å². The molecule has 0 bridgehead atoms. The molecule has 10 nitrogen and oxygen atoms in total. The highest BCUT2D eigenvalue weighted by molar-refractivity contribution is 7.11. The number of rotatable bonds is 16. The normalized spacial score (nSPS) is 13.3. The van der Waals surface area contributed by atoms with Gasteiger partial charge in [0.15, 0.2) is 0 Å². The minimum atomic E-state index is -0.679. The first-order valence-corrected chi connectivity index (χ1v) is 18.4. The second-order valence-electron chi connectivity index (χ2n) is 13.2. The van der Waals surface area contributed by atoms with Gasteiger partial charge in [0.1, 0.15) is 6.04 Å². The Hall–Kier alpha value is -5.31. The number of thiophene rings is 1. The van der Waals surface area contributed by atoms with Crippen molar-refractivity contribution in [3.05, 3.63) is 117 Å². The SMILES string of the molecule is CCNC(=O)[C@@H](NC(=O)[C@H](C)NC[C@@H](Cc1ccc(C)s1)NC(=O)c1cc(C(=O)N[C@H](C)c2ccccc2)cc(-c2ccccc2C#N)c1)C(C)C. The summed E-state index contributed by atoms with van der Waals surface area (Å²) in [6.45, 7) is 11.9. The van der Waals surface area contributed by atoms with Gasteiger partial charge in [-0.3, -0.25) is 19.2 Å². The van der Waals surface area contributed by atoms with Crippen LogP contribution in [0.15, 0.2) is 84.9 Å². The Labute approximate surface area is 310 Å². The lowest BCUT2D eigenvalue weighted by atomic mass is 9.95. The average molecular weight is 721 g/mol. The van der Waals surface area contributed by atoms with Gasteiger partial charge < -0.3 is 26.6 Å². The van der Waals surface area contributed by atoms with Gasteiger partial charge in [0.2, 0.25) is 11.8 Å². The summed E-state index contributed by atoms with van der Waals surface area (Å²) in [5.41, 5.74) is 3.04. The van der Waals surface area contributed by atoms with Crippen molar-refractivity contribution in [2.45, 2.75) is 72.1 Å². The summed E-state index contributed by atoms with van der Waals surface area (Å²) in [6.07, 6.45) is 0.498. The van der Waals surface area contributed by atoms with Crippen LogP contribution >= 0.6 is 11.3 Å². The molecule has 1 heterocycles. The Balaban J connectivity index is 1.60. The predicted molar refractivity (Wildman–Crippen MR) is 206 cm³/mol. The molecule has 3 aromatic carbocycles. The first-order chi connectivity index (χ1) is 24.9.